The minimum absolute atomic E-state index is 0.992. The minimum atomic E-state index is 0.992. The second-order valence-electron chi connectivity index (χ2n) is 3.93. The van der Waals surface area contributed by atoms with Gasteiger partial charge in [0.05, 0.1) is 0 Å². The Morgan fingerprint density at radius 2 is 0.929 bits per heavy atom. The summed E-state index contributed by atoms with van der Waals surface area (Å²) < 4.78 is 0. The van der Waals surface area contributed by atoms with Crippen LogP contribution in [0.25, 0.3) is 0 Å². The number of rotatable bonds is 9. The Bertz CT molecular complexity index is 92.9. The zero-order chi connectivity index (χ0) is 10.8. The van der Waals surface area contributed by atoms with Crippen molar-refractivity contribution in [2.75, 3.05) is 0 Å². The summed E-state index contributed by atoms with van der Waals surface area (Å²) in [4.78, 5) is 0. The van der Waals surface area contributed by atoms with Crippen molar-refractivity contribution >= 4 is 26.3 Å². The molecule has 0 aromatic carbocycles. The molecular formula is C12H26Se2. The molecule has 0 aliphatic rings. The molecule has 0 radical (unpaired) electrons. The van der Waals surface area contributed by atoms with E-state index in [1.807, 2.05) is 0 Å². The van der Waals surface area contributed by atoms with Gasteiger partial charge in [-0.3, -0.25) is 0 Å². The summed E-state index contributed by atoms with van der Waals surface area (Å²) in [6, 6.07) is 0. The number of hydrogen-bond acceptors (Lipinski definition) is 0. The van der Waals surface area contributed by atoms with E-state index < -0.39 is 0 Å². The predicted octanol–water partition coefficient (Wildman–Crippen LogP) is 4.02. The van der Waals surface area contributed by atoms with Gasteiger partial charge in [0.15, 0.2) is 0 Å². The average molecular weight is 328 g/mol. The maximum atomic E-state index is 2.35. The maximum absolute atomic E-state index is 2.35. The van der Waals surface area contributed by atoms with Gasteiger partial charge in [-0.15, -0.1) is 0 Å². The van der Waals surface area contributed by atoms with Gasteiger partial charge in [0.2, 0.25) is 0 Å². The molecule has 0 unspecified atom stereocenters. The van der Waals surface area contributed by atoms with Crippen LogP contribution in [0.2, 0.25) is 10.6 Å². The molecule has 0 rings (SSSR count). The van der Waals surface area contributed by atoms with E-state index in [9.17, 15) is 0 Å². The zero-order valence-corrected chi connectivity index (χ0v) is 13.6. The van der Waals surface area contributed by atoms with Crippen LogP contribution in [0.4, 0.5) is 0 Å². The van der Waals surface area contributed by atoms with Crippen LogP contribution in [0.5, 0.6) is 0 Å². The first-order valence-electron chi connectivity index (χ1n) is 6.02. The molecule has 0 amide bonds. The number of hydrogen-bond donors (Lipinski definition) is 0. The van der Waals surface area contributed by atoms with E-state index in [1.54, 1.807) is 10.6 Å². The van der Waals surface area contributed by atoms with Crippen LogP contribution in [-0.4, -0.2) is 26.3 Å². The molecule has 0 N–H and O–H groups in total. The average Bonchev–Trinajstić information content (AvgIpc) is 2.24. The topological polar surface area (TPSA) is 0 Å². The molecule has 0 heterocycles. The SMILES string of the molecule is CCC(CC)C[Se][Se]CC(CC)CC. The second kappa shape index (κ2) is 10.6. The van der Waals surface area contributed by atoms with E-state index in [4.69, 9.17) is 0 Å². The van der Waals surface area contributed by atoms with Crippen molar-refractivity contribution in [3.8, 4) is 0 Å². The fourth-order valence-corrected chi connectivity index (χ4v) is 10.8. The fraction of sp³-hybridized carbons (Fsp3) is 1.00. The van der Waals surface area contributed by atoms with Crippen LogP contribution < -0.4 is 0 Å². The summed E-state index contributed by atoms with van der Waals surface area (Å²) >= 11 is 1.98. The molecule has 0 bridgehead atoms. The van der Waals surface area contributed by atoms with E-state index in [2.05, 4.69) is 27.7 Å². The first-order valence-corrected chi connectivity index (χ1v) is 12.8. The second-order valence-corrected chi connectivity index (χ2v) is 11.5. The van der Waals surface area contributed by atoms with Crippen LogP contribution in [0, 0.1) is 11.8 Å². The van der Waals surface area contributed by atoms with Gasteiger partial charge in [0.1, 0.15) is 0 Å². The Labute approximate surface area is 102 Å². The molecule has 0 saturated carbocycles. The molecule has 0 fully saturated rings. The third-order valence-electron chi connectivity index (χ3n) is 3.00. The molecule has 14 heavy (non-hydrogen) atoms. The van der Waals surface area contributed by atoms with Crippen LogP contribution in [0.15, 0.2) is 0 Å². The quantitative estimate of drug-likeness (QED) is 0.443. The molecule has 0 nitrogen and oxygen atoms in total. The summed E-state index contributed by atoms with van der Waals surface area (Å²) in [5, 5.41) is 3.11. The first kappa shape index (κ1) is 15.0. The zero-order valence-electron chi connectivity index (χ0n) is 10.2. The van der Waals surface area contributed by atoms with Gasteiger partial charge in [-0.05, 0) is 0 Å². The summed E-state index contributed by atoms with van der Waals surface area (Å²) in [5.74, 6) is 2.08. The van der Waals surface area contributed by atoms with Crippen molar-refractivity contribution in [2.45, 2.75) is 64.0 Å². The molecule has 86 valence electrons. The van der Waals surface area contributed by atoms with Crippen molar-refractivity contribution in [3.05, 3.63) is 0 Å². The van der Waals surface area contributed by atoms with Gasteiger partial charge >= 0.3 is 102 Å². The van der Waals surface area contributed by atoms with Gasteiger partial charge in [0.25, 0.3) is 0 Å². The Balaban J connectivity index is 3.35. The van der Waals surface area contributed by atoms with Gasteiger partial charge in [-0.25, -0.2) is 0 Å². The molecule has 2 heteroatoms. The monoisotopic (exact) mass is 330 g/mol. The first-order chi connectivity index (χ1) is 6.78. The Kier molecular flexibility index (Phi) is 11.3. The van der Waals surface area contributed by atoms with Crippen molar-refractivity contribution in [2.24, 2.45) is 11.8 Å². The summed E-state index contributed by atoms with van der Waals surface area (Å²) in [5.41, 5.74) is 0. The van der Waals surface area contributed by atoms with E-state index in [0.29, 0.717) is 0 Å². The Morgan fingerprint density at radius 1 is 0.643 bits per heavy atom. The van der Waals surface area contributed by atoms with Crippen molar-refractivity contribution in [1.82, 2.24) is 0 Å². The van der Waals surface area contributed by atoms with Gasteiger partial charge in [-0.2, -0.15) is 0 Å². The van der Waals surface area contributed by atoms with E-state index >= 15 is 0 Å². The van der Waals surface area contributed by atoms with Gasteiger partial charge < -0.3 is 0 Å². The molecule has 0 saturated heterocycles. The van der Waals surface area contributed by atoms with Crippen molar-refractivity contribution < 1.29 is 0 Å². The Hall–Kier alpha value is 1.04. The third kappa shape index (κ3) is 7.35. The third-order valence-corrected chi connectivity index (χ3v) is 10.7. The predicted molar refractivity (Wildman–Crippen MR) is 69.3 cm³/mol. The standard InChI is InChI=1S/C12H26Se2/c1-5-11(6-2)9-13-14-10-12(7-3)8-4/h11-12H,5-10H2,1-4H3. The normalized spacial score (nSPS) is 11.6. The summed E-state index contributed by atoms with van der Waals surface area (Å²) in [6.45, 7) is 9.38. The van der Waals surface area contributed by atoms with Crippen molar-refractivity contribution in [3.63, 3.8) is 0 Å². The Morgan fingerprint density at radius 3 is 1.14 bits per heavy atom. The van der Waals surface area contributed by atoms with E-state index in [0.717, 1.165) is 38.1 Å². The van der Waals surface area contributed by atoms with Crippen LogP contribution >= 0.6 is 0 Å². The molecule has 0 aromatic heterocycles. The molecule has 0 atom stereocenters. The van der Waals surface area contributed by atoms with Crippen LogP contribution in [0.3, 0.4) is 0 Å². The van der Waals surface area contributed by atoms with Crippen LogP contribution in [-0.2, 0) is 0 Å². The molecule has 0 aliphatic carbocycles. The summed E-state index contributed by atoms with van der Waals surface area (Å²) in [7, 11) is 0. The van der Waals surface area contributed by atoms with Crippen LogP contribution in [0.1, 0.15) is 53.4 Å². The van der Waals surface area contributed by atoms with Crippen molar-refractivity contribution in [1.29, 1.82) is 0 Å². The molecule has 0 aromatic rings. The fourth-order valence-electron chi connectivity index (χ4n) is 1.34. The molecule has 0 aliphatic heterocycles. The summed E-state index contributed by atoms with van der Waals surface area (Å²) in [6.07, 6.45) is 5.61. The van der Waals surface area contributed by atoms with E-state index in [1.165, 1.54) is 25.7 Å². The van der Waals surface area contributed by atoms with Gasteiger partial charge in [-0.1, -0.05) is 0 Å². The van der Waals surface area contributed by atoms with E-state index in [-0.39, 0.29) is 0 Å². The molecular weight excluding hydrogens is 302 g/mol. The molecule has 0 spiro atoms. The van der Waals surface area contributed by atoms with Gasteiger partial charge in [0, 0.05) is 0 Å².